The molecule has 0 aliphatic rings. The first-order valence-electron chi connectivity index (χ1n) is 6.19. The molecule has 1 rings (SSSR count). The number of hydrogen-bond donors (Lipinski definition) is 2. The highest BCUT2D eigenvalue weighted by molar-refractivity contribution is 7.89. The summed E-state index contributed by atoms with van der Waals surface area (Å²) in [6.07, 6.45) is 2.73. The highest BCUT2D eigenvalue weighted by Crippen LogP contribution is 2.19. The van der Waals surface area contributed by atoms with E-state index in [0.29, 0.717) is 25.0 Å². The molecule has 108 valence electrons. The molecular weight excluding hydrogens is 270 g/mol. The van der Waals surface area contributed by atoms with Crippen LogP contribution >= 0.6 is 0 Å². The summed E-state index contributed by atoms with van der Waals surface area (Å²) >= 11 is 0. The van der Waals surface area contributed by atoms with E-state index in [-0.39, 0.29) is 17.2 Å². The number of nitrogens with two attached hydrogens (primary N) is 1. The van der Waals surface area contributed by atoms with Crippen molar-refractivity contribution in [1.29, 1.82) is 0 Å². The largest absolute Gasteiger partial charge is 0.461 e. The lowest BCUT2D eigenvalue weighted by Gasteiger charge is -2.04. The van der Waals surface area contributed by atoms with Crippen LogP contribution in [0.1, 0.15) is 49.3 Å². The molecular formula is C11H19N3O4S. The Hall–Kier alpha value is -1.41. The molecule has 0 saturated heterocycles. The number of hydrogen-bond acceptors (Lipinski definition) is 5. The van der Waals surface area contributed by atoms with Gasteiger partial charge in [-0.15, -0.1) is 0 Å². The predicted molar refractivity (Wildman–Crippen MR) is 69.1 cm³/mol. The number of esters is 1. The predicted octanol–water partition coefficient (Wildman–Crippen LogP) is 0.966. The molecule has 0 aliphatic heterocycles. The lowest BCUT2D eigenvalue weighted by atomic mass is 10.2. The van der Waals surface area contributed by atoms with Crippen LogP contribution in [0.5, 0.6) is 0 Å². The van der Waals surface area contributed by atoms with Gasteiger partial charge >= 0.3 is 5.97 Å². The van der Waals surface area contributed by atoms with Crippen LogP contribution in [-0.4, -0.2) is 31.2 Å². The monoisotopic (exact) mass is 289 g/mol. The van der Waals surface area contributed by atoms with E-state index in [0.717, 1.165) is 6.42 Å². The van der Waals surface area contributed by atoms with Crippen molar-refractivity contribution in [1.82, 2.24) is 10.2 Å². The maximum Gasteiger partial charge on any atom is 0.360 e. The van der Waals surface area contributed by atoms with E-state index in [9.17, 15) is 13.2 Å². The second-order valence-electron chi connectivity index (χ2n) is 4.16. The molecule has 1 aromatic heterocycles. The van der Waals surface area contributed by atoms with Crippen molar-refractivity contribution in [2.45, 2.75) is 44.4 Å². The molecule has 0 aliphatic carbocycles. The van der Waals surface area contributed by atoms with Crippen LogP contribution in [0.2, 0.25) is 0 Å². The maximum absolute atomic E-state index is 11.8. The van der Waals surface area contributed by atoms with Crippen molar-refractivity contribution in [2.24, 2.45) is 5.14 Å². The molecule has 1 heterocycles. The van der Waals surface area contributed by atoms with Crippen molar-refractivity contribution in [2.75, 3.05) is 6.61 Å². The average Bonchev–Trinajstić information content (AvgIpc) is 2.73. The number of carbonyl (C=O) groups excluding carboxylic acids is 1. The van der Waals surface area contributed by atoms with Crippen LogP contribution < -0.4 is 5.14 Å². The molecule has 0 spiro atoms. The summed E-state index contributed by atoms with van der Waals surface area (Å²) in [5.41, 5.74) is 0.0782. The topological polar surface area (TPSA) is 115 Å². The first-order valence-corrected chi connectivity index (χ1v) is 7.73. The number of aryl methyl sites for hydroxylation is 1. The van der Waals surface area contributed by atoms with Crippen molar-refractivity contribution in [3.05, 3.63) is 11.4 Å². The van der Waals surface area contributed by atoms with Gasteiger partial charge in [-0.1, -0.05) is 26.7 Å². The molecule has 0 bridgehead atoms. The fourth-order valence-corrected chi connectivity index (χ4v) is 2.50. The Morgan fingerprint density at radius 1 is 1.37 bits per heavy atom. The minimum absolute atomic E-state index is 0.232. The van der Waals surface area contributed by atoms with Crippen LogP contribution in [0, 0.1) is 0 Å². The van der Waals surface area contributed by atoms with Crippen LogP contribution in [0.25, 0.3) is 0 Å². The first kappa shape index (κ1) is 15.6. The zero-order chi connectivity index (χ0) is 14.5. The van der Waals surface area contributed by atoms with Gasteiger partial charge in [0, 0.05) is 0 Å². The SMILES string of the molecule is CCCCOC(=O)c1n[nH]c(CCC)c1S(N)(=O)=O. The van der Waals surface area contributed by atoms with E-state index >= 15 is 0 Å². The van der Waals surface area contributed by atoms with Crippen LogP contribution in [-0.2, 0) is 21.2 Å². The fourth-order valence-electron chi connectivity index (χ4n) is 1.61. The molecule has 0 fully saturated rings. The highest BCUT2D eigenvalue weighted by Gasteiger charge is 2.27. The van der Waals surface area contributed by atoms with E-state index in [4.69, 9.17) is 9.88 Å². The standard InChI is InChI=1S/C11H19N3O4S/c1-3-5-7-18-11(15)9-10(19(12,16)17)8(6-4-2)13-14-9/h3-7H2,1-2H3,(H,13,14)(H2,12,16,17). The molecule has 0 radical (unpaired) electrons. The average molecular weight is 289 g/mol. The molecule has 0 atom stereocenters. The number of rotatable bonds is 7. The number of carbonyl (C=O) groups is 1. The van der Waals surface area contributed by atoms with Crippen LogP contribution in [0.4, 0.5) is 0 Å². The minimum atomic E-state index is -4.01. The summed E-state index contributed by atoms with van der Waals surface area (Å²) < 4.78 is 28.1. The van der Waals surface area contributed by atoms with E-state index < -0.39 is 16.0 Å². The summed E-state index contributed by atoms with van der Waals surface area (Å²) in [5, 5.41) is 11.4. The molecule has 19 heavy (non-hydrogen) atoms. The number of primary sulfonamides is 1. The number of sulfonamides is 1. The van der Waals surface area contributed by atoms with Gasteiger partial charge in [-0.25, -0.2) is 18.4 Å². The third-order valence-corrected chi connectivity index (χ3v) is 3.51. The number of unbranched alkanes of at least 4 members (excludes halogenated alkanes) is 1. The Morgan fingerprint density at radius 3 is 2.58 bits per heavy atom. The van der Waals surface area contributed by atoms with Crippen LogP contribution in [0.15, 0.2) is 4.90 Å². The summed E-state index contributed by atoms with van der Waals surface area (Å²) in [6.45, 7) is 4.07. The van der Waals surface area contributed by atoms with Gasteiger partial charge in [0.25, 0.3) is 0 Å². The molecule has 3 N–H and O–H groups in total. The van der Waals surface area contributed by atoms with Gasteiger partial charge in [0.2, 0.25) is 10.0 Å². The quantitative estimate of drug-likeness (QED) is 0.573. The summed E-state index contributed by atoms with van der Waals surface area (Å²) in [7, 11) is -4.01. The zero-order valence-corrected chi connectivity index (χ0v) is 11.9. The molecule has 8 heteroatoms. The first-order chi connectivity index (χ1) is 8.91. The number of aromatic nitrogens is 2. The third kappa shape index (κ3) is 4.03. The van der Waals surface area contributed by atoms with E-state index in [2.05, 4.69) is 10.2 Å². The van der Waals surface area contributed by atoms with Crippen molar-refractivity contribution in [3.8, 4) is 0 Å². The van der Waals surface area contributed by atoms with E-state index in [1.54, 1.807) is 0 Å². The van der Waals surface area contributed by atoms with Gasteiger partial charge in [-0.2, -0.15) is 5.10 Å². The van der Waals surface area contributed by atoms with Gasteiger partial charge in [0.1, 0.15) is 4.90 Å². The normalized spacial score (nSPS) is 11.5. The van der Waals surface area contributed by atoms with Crippen molar-refractivity contribution in [3.63, 3.8) is 0 Å². The molecule has 0 saturated carbocycles. The molecule has 7 nitrogen and oxygen atoms in total. The summed E-state index contributed by atoms with van der Waals surface area (Å²) in [5.74, 6) is -0.768. The molecule has 0 aromatic carbocycles. The fraction of sp³-hybridized carbons (Fsp3) is 0.636. The van der Waals surface area contributed by atoms with Gasteiger partial charge in [0.05, 0.1) is 12.3 Å². The Balaban J connectivity index is 3.04. The Labute approximate surface area is 112 Å². The maximum atomic E-state index is 11.8. The smallest absolute Gasteiger partial charge is 0.360 e. The number of ether oxygens (including phenoxy) is 1. The number of H-pyrrole nitrogens is 1. The second kappa shape index (κ2) is 6.67. The van der Waals surface area contributed by atoms with E-state index in [1.807, 2.05) is 13.8 Å². The zero-order valence-electron chi connectivity index (χ0n) is 11.1. The minimum Gasteiger partial charge on any atom is -0.461 e. The van der Waals surface area contributed by atoms with Crippen LogP contribution in [0.3, 0.4) is 0 Å². The summed E-state index contributed by atoms with van der Waals surface area (Å²) in [4.78, 5) is 11.5. The molecule has 0 amide bonds. The van der Waals surface area contributed by atoms with Gasteiger partial charge in [0.15, 0.2) is 5.69 Å². The van der Waals surface area contributed by atoms with Gasteiger partial charge < -0.3 is 4.74 Å². The Kier molecular flexibility index (Phi) is 5.49. The lowest BCUT2D eigenvalue weighted by Crippen LogP contribution is -2.18. The summed E-state index contributed by atoms with van der Waals surface area (Å²) in [6, 6.07) is 0. The lowest BCUT2D eigenvalue weighted by molar-refractivity contribution is 0.0488. The number of aromatic amines is 1. The Bertz CT molecular complexity index is 536. The second-order valence-corrected chi connectivity index (χ2v) is 5.66. The number of nitrogens with zero attached hydrogens (tertiary/aromatic N) is 1. The van der Waals surface area contributed by atoms with Gasteiger partial charge in [-0.3, -0.25) is 5.10 Å². The van der Waals surface area contributed by atoms with Crippen molar-refractivity contribution >= 4 is 16.0 Å². The van der Waals surface area contributed by atoms with Crippen molar-refractivity contribution < 1.29 is 17.9 Å². The Morgan fingerprint density at radius 2 is 2.05 bits per heavy atom. The van der Waals surface area contributed by atoms with E-state index in [1.165, 1.54) is 0 Å². The molecule has 1 aromatic rings. The molecule has 0 unspecified atom stereocenters. The number of nitrogens with one attached hydrogen (secondary N) is 1. The third-order valence-electron chi connectivity index (χ3n) is 2.50. The highest BCUT2D eigenvalue weighted by atomic mass is 32.2. The van der Waals surface area contributed by atoms with Gasteiger partial charge in [-0.05, 0) is 12.8 Å².